The molecule has 1 atom stereocenters. The van der Waals surface area contributed by atoms with Crippen molar-refractivity contribution in [3.8, 4) is 5.69 Å². The van der Waals surface area contributed by atoms with Gasteiger partial charge in [-0.2, -0.15) is 5.10 Å². The van der Waals surface area contributed by atoms with Gasteiger partial charge in [0.2, 0.25) is 11.8 Å². The largest absolute Gasteiger partial charge is 0.349 e. The third-order valence-electron chi connectivity index (χ3n) is 6.69. The number of hydrogen-bond donors (Lipinski definition) is 1. The van der Waals surface area contributed by atoms with Gasteiger partial charge in [0.25, 0.3) is 0 Å². The fourth-order valence-electron chi connectivity index (χ4n) is 4.84. The number of aryl methyl sites for hydroxylation is 1. The van der Waals surface area contributed by atoms with E-state index < -0.39 is 5.41 Å². The van der Waals surface area contributed by atoms with E-state index >= 15 is 0 Å². The molecule has 40 heavy (non-hydrogen) atoms. The molecule has 206 valence electrons. The van der Waals surface area contributed by atoms with Crippen LogP contribution in [0, 0.1) is 12.7 Å². The summed E-state index contributed by atoms with van der Waals surface area (Å²) >= 11 is 1.43. The number of fused-ring (bicyclic) bond motifs is 1. The first-order valence-corrected chi connectivity index (χ1v) is 14.2. The number of nitrogens with zero attached hydrogens (tertiary/aromatic N) is 4. The number of anilines is 1. The number of carbonyl (C=O) groups excluding carboxylic acids is 2. The minimum absolute atomic E-state index is 0.126. The first-order valence-electron chi connectivity index (χ1n) is 13.2. The molecular formula is C31H32FN5O2S. The number of halogens is 1. The number of carbonyl (C=O) groups is 2. The summed E-state index contributed by atoms with van der Waals surface area (Å²) < 4.78 is 16.2. The lowest BCUT2D eigenvalue weighted by molar-refractivity contribution is -0.123. The second-order valence-corrected chi connectivity index (χ2v) is 12.0. The zero-order valence-corrected chi connectivity index (χ0v) is 23.8. The molecule has 7 nitrogen and oxygen atoms in total. The Kier molecular flexibility index (Phi) is 7.76. The highest BCUT2D eigenvalue weighted by molar-refractivity contribution is 8.00. The summed E-state index contributed by atoms with van der Waals surface area (Å²) in [5.41, 5.74) is 4.49. The summed E-state index contributed by atoms with van der Waals surface area (Å²) in [4.78, 5) is 32.8. The van der Waals surface area contributed by atoms with Gasteiger partial charge in [0.15, 0.2) is 0 Å². The van der Waals surface area contributed by atoms with E-state index in [1.807, 2.05) is 55.5 Å². The smallest absolute Gasteiger partial charge is 0.240 e. The average molecular weight is 558 g/mol. The molecule has 3 heterocycles. The molecule has 0 spiro atoms. The summed E-state index contributed by atoms with van der Waals surface area (Å²) in [5, 5.41) is 7.61. The van der Waals surface area contributed by atoms with E-state index in [0.717, 1.165) is 33.8 Å². The quantitative estimate of drug-likeness (QED) is 0.339. The Labute approximate surface area is 237 Å². The molecule has 9 heteroatoms. The molecule has 1 N–H and O–H groups in total. The van der Waals surface area contributed by atoms with Crippen LogP contribution in [-0.2, 0) is 21.5 Å². The summed E-state index contributed by atoms with van der Waals surface area (Å²) in [7, 11) is 0. The minimum atomic E-state index is -0.397. The van der Waals surface area contributed by atoms with E-state index in [0.29, 0.717) is 5.82 Å². The summed E-state index contributed by atoms with van der Waals surface area (Å²) in [6, 6.07) is 19.9. The summed E-state index contributed by atoms with van der Waals surface area (Å²) in [6.45, 7) is 8.27. The SMILES string of the molecule is Cc1cccc(-n2nc(C(C)(C)C)c3c2N(CC(=O)NCc2ccccn2)C(=O)CS[C@@H]3c2cccc(F)c2)c1. The van der Waals surface area contributed by atoms with E-state index in [9.17, 15) is 14.0 Å². The third-order valence-corrected chi connectivity index (χ3v) is 7.95. The van der Waals surface area contributed by atoms with Gasteiger partial charge in [-0.3, -0.25) is 19.5 Å². The monoisotopic (exact) mass is 557 g/mol. The van der Waals surface area contributed by atoms with E-state index in [4.69, 9.17) is 5.10 Å². The highest BCUT2D eigenvalue weighted by Gasteiger charge is 2.40. The van der Waals surface area contributed by atoms with Crippen molar-refractivity contribution < 1.29 is 14.0 Å². The van der Waals surface area contributed by atoms with Crippen LogP contribution in [0.5, 0.6) is 0 Å². The standard InChI is InChI=1S/C31H32FN5O2S/c1-20-9-7-13-24(15-20)37-30-27(29(35-37)31(2,3)4)28(21-10-8-11-22(32)16-21)40-19-26(39)36(30)18-25(38)34-17-23-12-5-6-14-33-23/h5-16,28H,17-19H2,1-4H3,(H,34,38)/t28-/m1/s1. The molecular weight excluding hydrogens is 525 g/mol. The zero-order valence-electron chi connectivity index (χ0n) is 23.0. The first-order chi connectivity index (χ1) is 19.1. The molecule has 0 bridgehead atoms. The van der Waals surface area contributed by atoms with E-state index in [-0.39, 0.29) is 41.7 Å². The van der Waals surface area contributed by atoms with Gasteiger partial charge in [-0.1, -0.05) is 51.1 Å². The molecule has 2 aromatic carbocycles. The van der Waals surface area contributed by atoms with Crippen LogP contribution in [0.1, 0.15) is 54.1 Å². The fourth-order valence-corrected chi connectivity index (χ4v) is 6.02. The van der Waals surface area contributed by atoms with Crippen molar-refractivity contribution in [2.75, 3.05) is 17.2 Å². The molecule has 0 saturated carbocycles. The lowest BCUT2D eigenvalue weighted by Gasteiger charge is -2.24. The van der Waals surface area contributed by atoms with Crippen LogP contribution in [0.4, 0.5) is 10.2 Å². The Hall–Kier alpha value is -3.98. The van der Waals surface area contributed by atoms with Crippen LogP contribution in [-0.4, -0.2) is 38.9 Å². The van der Waals surface area contributed by atoms with Gasteiger partial charge in [-0.15, -0.1) is 11.8 Å². The molecule has 1 aliphatic rings. The number of benzene rings is 2. The zero-order chi connectivity index (χ0) is 28.4. The van der Waals surface area contributed by atoms with Crippen molar-refractivity contribution in [3.63, 3.8) is 0 Å². The predicted molar refractivity (Wildman–Crippen MR) is 156 cm³/mol. The number of amides is 2. The maximum atomic E-state index is 14.4. The van der Waals surface area contributed by atoms with Crippen LogP contribution in [0.15, 0.2) is 72.9 Å². The van der Waals surface area contributed by atoms with Crippen molar-refractivity contribution in [1.82, 2.24) is 20.1 Å². The van der Waals surface area contributed by atoms with E-state index in [1.165, 1.54) is 28.8 Å². The first kappa shape index (κ1) is 27.6. The van der Waals surface area contributed by atoms with Gasteiger partial charge >= 0.3 is 0 Å². The Morgan fingerprint density at radius 2 is 1.90 bits per heavy atom. The van der Waals surface area contributed by atoms with Crippen LogP contribution in [0.25, 0.3) is 5.69 Å². The number of aromatic nitrogens is 3. The number of nitrogens with one attached hydrogen (secondary N) is 1. The van der Waals surface area contributed by atoms with E-state index in [2.05, 4.69) is 31.1 Å². The minimum Gasteiger partial charge on any atom is -0.349 e. The molecule has 0 saturated heterocycles. The maximum absolute atomic E-state index is 14.4. The highest BCUT2D eigenvalue weighted by atomic mass is 32.2. The topological polar surface area (TPSA) is 80.1 Å². The lowest BCUT2D eigenvalue weighted by atomic mass is 9.87. The molecule has 0 radical (unpaired) electrons. The Bertz CT molecular complexity index is 1550. The van der Waals surface area contributed by atoms with Crippen molar-refractivity contribution in [1.29, 1.82) is 0 Å². The predicted octanol–water partition coefficient (Wildman–Crippen LogP) is 5.50. The molecule has 1 aliphatic heterocycles. The van der Waals surface area contributed by atoms with Gasteiger partial charge in [-0.25, -0.2) is 9.07 Å². The number of pyridine rings is 1. The second-order valence-electron chi connectivity index (χ2n) is 10.9. The van der Waals surface area contributed by atoms with Crippen LogP contribution < -0.4 is 10.2 Å². The Morgan fingerprint density at radius 3 is 2.60 bits per heavy atom. The van der Waals surface area contributed by atoms with Crippen molar-refractivity contribution in [2.24, 2.45) is 0 Å². The van der Waals surface area contributed by atoms with Crippen molar-refractivity contribution in [3.05, 3.63) is 107 Å². The van der Waals surface area contributed by atoms with Gasteiger partial charge in [0, 0.05) is 17.2 Å². The van der Waals surface area contributed by atoms with Gasteiger partial charge in [0.05, 0.1) is 34.6 Å². The molecule has 0 unspecified atom stereocenters. The molecule has 2 amide bonds. The molecule has 2 aromatic heterocycles. The van der Waals surface area contributed by atoms with Crippen molar-refractivity contribution in [2.45, 2.75) is 44.9 Å². The molecule has 0 aliphatic carbocycles. The Balaban J connectivity index is 1.66. The molecule has 0 fully saturated rings. The Morgan fingerprint density at radius 1 is 1.10 bits per heavy atom. The summed E-state index contributed by atoms with van der Waals surface area (Å²) in [6.07, 6.45) is 1.67. The summed E-state index contributed by atoms with van der Waals surface area (Å²) in [5.74, 6) is -0.209. The normalized spacial score (nSPS) is 15.5. The molecule has 4 aromatic rings. The number of thioether (sulfide) groups is 1. The number of rotatable bonds is 6. The highest BCUT2D eigenvalue weighted by Crippen LogP contribution is 2.48. The van der Waals surface area contributed by atoms with Crippen molar-refractivity contribution >= 4 is 29.4 Å². The molecule has 5 rings (SSSR count). The average Bonchev–Trinajstić information content (AvgIpc) is 3.26. The van der Waals surface area contributed by atoms with Gasteiger partial charge < -0.3 is 5.32 Å². The van der Waals surface area contributed by atoms with Crippen LogP contribution in [0.3, 0.4) is 0 Å². The number of hydrogen-bond acceptors (Lipinski definition) is 5. The maximum Gasteiger partial charge on any atom is 0.240 e. The lowest BCUT2D eigenvalue weighted by Crippen LogP contribution is -2.42. The van der Waals surface area contributed by atoms with Crippen LogP contribution >= 0.6 is 11.8 Å². The van der Waals surface area contributed by atoms with Gasteiger partial charge in [-0.05, 0) is 54.4 Å². The van der Waals surface area contributed by atoms with Gasteiger partial charge in [0.1, 0.15) is 18.2 Å². The second kappa shape index (κ2) is 11.3. The third kappa shape index (κ3) is 5.79. The van der Waals surface area contributed by atoms with E-state index in [1.54, 1.807) is 16.9 Å². The fraction of sp³-hybridized carbons (Fsp3) is 0.290. The van der Waals surface area contributed by atoms with Crippen LogP contribution in [0.2, 0.25) is 0 Å².